The van der Waals surface area contributed by atoms with Crippen LogP contribution < -0.4 is 0 Å². The van der Waals surface area contributed by atoms with Gasteiger partial charge in [0, 0.05) is 22.5 Å². The van der Waals surface area contributed by atoms with Crippen molar-refractivity contribution in [3.05, 3.63) is 16.1 Å². The molecule has 3 heteroatoms. The molecular formula is C13H22BrNS. The number of hydrogen-bond acceptors (Lipinski definition) is 2. The number of nitrogens with zero attached hydrogens (tertiary/aromatic N) is 1. The molecule has 0 aliphatic heterocycles. The first kappa shape index (κ1) is 14.2. The minimum Gasteiger partial charge on any atom is -0.246 e. The van der Waals surface area contributed by atoms with Crippen LogP contribution in [-0.4, -0.2) is 10.3 Å². The molecule has 0 aliphatic rings. The minimum atomic E-state index is 0.184. The van der Waals surface area contributed by atoms with E-state index >= 15 is 0 Å². The van der Waals surface area contributed by atoms with Crippen LogP contribution in [0.5, 0.6) is 0 Å². The molecular weight excluding hydrogens is 282 g/mol. The van der Waals surface area contributed by atoms with E-state index in [2.05, 4.69) is 49.0 Å². The lowest BCUT2D eigenvalue weighted by atomic mass is 9.93. The zero-order valence-electron chi connectivity index (χ0n) is 10.7. The molecule has 0 spiro atoms. The molecule has 0 bridgehead atoms. The molecule has 0 saturated heterocycles. The first-order chi connectivity index (χ1) is 7.47. The molecule has 1 atom stereocenters. The summed E-state index contributed by atoms with van der Waals surface area (Å²) in [4.78, 5) is 4.75. The number of thiazole rings is 1. The van der Waals surface area contributed by atoms with E-state index in [1.54, 1.807) is 0 Å². The maximum absolute atomic E-state index is 4.75. The second-order valence-electron chi connectivity index (χ2n) is 5.39. The number of hydrogen-bond donors (Lipinski definition) is 0. The molecule has 1 rings (SSSR count). The fourth-order valence-electron chi connectivity index (χ4n) is 1.64. The van der Waals surface area contributed by atoms with Crippen molar-refractivity contribution in [2.75, 3.05) is 5.33 Å². The van der Waals surface area contributed by atoms with E-state index in [-0.39, 0.29) is 5.41 Å². The molecule has 0 aromatic carbocycles. The standard InChI is InChI=1S/C13H22BrNS/c1-5-6-10(8-14)7-12-15-11(9-16-12)13(2,3)4/h9-10H,5-8H2,1-4H3. The highest BCUT2D eigenvalue weighted by molar-refractivity contribution is 9.09. The van der Waals surface area contributed by atoms with Gasteiger partial charge in [-0.25, -0.2) is 4.98 Å². The number of alkyl halides is 1. The van der Waals surface area contributed by atoms with Crippen LogP contribution in [0.15, 0.2) is 5.38 Å². The Morgan fingerprint density at radius 1 is 1.44 bits per heavy atom. The molecule has 1 unspecified atom stereocenters. The van der Waals surface area contributed by atoms with Gasteiger partial charge in [-0.05, 0) is 12.3 Å². The molecule has 92 valence electrons. The quantitative estimate of drug-likeness (QED) is 0.712. The van der Waals surface area contributed by atoms with Crippen LogP contribution in [0.2, 0.25) is 0 Å². The van der Waals surface area contributed by atoms with Crippen LogP contribution in [0.3, 0.4) is 0 Å². The van der Waals surface area contributed by atoms with Crippen LogP contribution >= 0.6 is 27.3 Å². The van der Waals surface area contributed by atoms with Crippen molar-refractivity contribution in [1.82, 2.24) is 4.98 Å². The summed E-state index contributed by atoms with van der Waals surface area (Å²) in [5.74, 6) is 0.740. The number of halogens is 1. The van der Waals surface area contributed by atoms with Gasteiger partial charge in [0.2, 0.25) is 0 Å². The highest BCUT2D eigenvalue weighted by atomic mass is 79.9. The van der Waals surface area contributed by atoms with Gasteiger partial charge in [-0.1, -0.05) is 50.0 Å². The largest absolute Gasteiger partial charge is 0.246 e. The van der Waals surface area contributed by atoms with Crippen LogP contribution in [-0.2, 0) is 11.8 Å². The molecule has 0 amide bonds. The van der Waals surface area contributed by atoms with Crippen molar-refractivity contribution in [3.8, 4) is 0 Å². The summed E-state index contributed by atoms with van der Waals surface area (Å²) >= 11 is 5.41. The van der Waals surface area contributed by atoms with E-state index in [0.29, 0.717) is 0 Å². The van der Waals surface area contributed by atoms with Gasteiger partial charge in [0.05, 0.1) is 10.7 Å². The lowest BCUT2D eigenvalue weighted by Gasteiger charge is -2.14. The van der Waals surface area contributed by atoms with Crippen LogP contribution in [0.1, 0.15) is 51.2 Å². The highest BCUT2D eigenvalue weighted by Gasteiger charge is 2.18. The molecule has 0 fully saturated rings. The molecule has 0 N–H and O–H groups in total. The molecule has 1 nitrogen and oxygen atoms in total. The van der Waals surface area contributed by atoms with Crippen molar-refractivity contribution < 1.29 is 0 Å². The van der Waals surface area contributed by atoms with Crippen molar-refractivity contribution in [3.63, 3.8) is 0 Å². The first-order valence-electron chi connectivity index (χ1n) is 5.98. The predicted molar refractivity (Wildman–Crippen MR) is 76.7 cm³/mol. The van der Waals surface area contributed by atoms with Crippen molar-refractivity contribution in [1.29, 1.82) is 0 Å². The van der Waals surface area contributed by atoms with Gasteiger partial charge < -0.3 is 0 Å². The van der Waals surface area contributed by atoms with Crippen LogP contribution in [0.4, 0.5) is 0 Å². The Morgan fingerprint density at radius 3 is 2.56 bits per heavy atom. The van der Waals surface area contributed by atoms with Crippen molar-refractivity contribution >= 4 is 27.3 Å². The van der Waals surface area contributed by atoms with Gasteiger partial charge in [0.1, 0.15) is 0 Å². The Hall–Kier alpha value is 0.110. The monoisotopic (exact) mass is 303 g/mol. The SMILES string of the molecule is CCCC(CBr)Cc1nc(C(C)(C)C)cs1. The smallest absolute Gasteiger partial charge is 0.0931 e. The zero-order chi connectivity index (χ0) is 12.2. The normalized spacial score (nSPS) is 14.1. The predicted octanol–water partition coefficient (Wildman–Crippen LogP) is 4.79. The van der Waals surface area contributed by atoms with Crippen LogP contribution in [0, 0.1) is 5.92 Å². The van der Waals surface area contributed by atoms with Gasteiger partial charge in [0.15, 0.2) is 0 Å². The van der Waals surface area contributed by atoms with E-state index in [1.807, 2.05) is 11.3 Å². The molecule has 0 aliphatic carbocycles. The Kier molecular flexibility index (Phi) is 5.45. The first-order valence-corrected chi connectivity index (χ1v) is 7.98. The summed E-state index contributed by atoms with van der Waals surface area (Å²) in [6.07, 6.45) is 3.67. The van der Waals surface area contributed by atoms with Gasteiger partial charge in [0.25, 0.3) is 0 Å². The Labute approximate surface area is 112 Å². The van der Waals surface area contributed by atoms with Crippen LogP contribution in [0.25, 0.3) is 0 Å². The summed E-state index contributed by atoms with van der Waals surface area (Å²) < 4.78 is 0. The summed E-state index contributed by atoms with van der Waals surface area (Å²) in [6, 6.07) is 0. The summed E-state index contributed by atoms with van der Waals surface area (Å²) in [5, 5.41) is 4.60. The Balaban J connectivity index is 2.64. The third-order valence-corrected chi connectivity index (χ3v) is 4.49. The maximum Gasteiger partial charge on any atom is 0.0931 e. The molecule has 1 aromatic heterocycles. The molecule has 0 saturated carbocycles. The van der Waals surface area contributed by atoms with Crippen molar-refractivity contribution in [2.45, 2.75) is 52.4 Å². The number of aromatic nitrogens is 1. The highest BCUT2D eigenvalue weighted by Crippen LogP contribution is 2.26. The van der Waals surface area contributed by atoms with Gasteiger partial charge in [-0.3, -0.25) is 0 Å². The topological polar surface area (TPSA) is 12.9 Å². The molecule has 1 heterocycles. The third-order valence-electron chi connectivity index (χ3n) is 2.70. The van der Waals surface area contributed by atoms with E-state index < -0.39 is 0 Å². The van der Waals surface area contributed by atoms with E-state index in [0.717, 1.165) is 17.7 Å². The molecule has 1 aromatic rings. The minimum absolute atomic E-state index is 0.184. The van der Waals surface area contributed by atoms with E-state index in [1.165, 1.54) is 23.5 Å². The fraction of sp³-hybridized carbons (Fsp3) is 0.769. The maximum atomic E-state index is 4.75. The third kappa shape index (κ3) is 4.17. The second kappa shape index (κ2) is 6.15. The Morgan fingerprint density at radius 2 is 2.12 bits per heavy atom. The average Bonchev–Trinajstić information content (AvgIpc) is 2.65. The van der Waals surface area contributed by atoms with E-state index in [9.17, 15) is 0 Å². The lowest BCUT2D eigenvalue weighted by Crippen LogP contribution is -2.12. The summed E-state index contributed by atoms with van der Waals surface area (Å²) in [5.41, 5.74) is 1.42. The average molecular weight is 304 g/mol. The van der Waals surface area contributed by atoms with Gasteiger partial charge >= 0.3 is 0 Å². The fourth-order valence-corrected chi connectivity index (χ4v) is 3.33. The van der Waals surface area contributed by atoms with E-state index in [4.69, 9.17) is 4.98 Å². The second-order valence-corrected chi connectivity index (χ2v) is 6.98. The number of rotatable bonds is 5. The summed E-state index contributed by atoms with van der Waals surface area (Å²) in [7, 11) is 0. The molecule has 0 radical (unpaired) electrons. The Bertz CT molecular complexity index is 314. The van der Waals surface area contributed by atoms with Gasteiger partial charge in [-0.15, -0.1) is 11.3 Å². The lowest BCUT2D eigenvalue weighted by molar-refractivity contribution is 0.526. The zero-order valence-corrected chi connectivity index (χ0v) is 13.1. The molecule has 16 heavy (non-hydrogen) atoms. The van der Waals surface area contributed by atoms with Crippen molar-refractivity contribution in [2.24, 2.45) is 5.92 Å². The van der Waals surface area contributed by atoms with Gasteiger partial charge in [-0.2, -0.15) is 0 Å². The summed E-state index contributed by atoms with van der Waals surface area (Å²) in [6.45, 7) is 8.91.